The lowest BCUT2D eigenvalue weighted by Crippen LogP contribution is -2.32. The second-order valence-electron chi connectivity index (χ2n) is 24.4. The molecular weight excluding hydrogens is 1150 g/mol. The summed E-state index contributed by atoms with van der Waals surface area (Å²) in [7, 11) is 0. The maximum atomic E-state index is 7.31. The van der Waals surface area contributed by atoms with Crippen LogP contribution in [-0.2, 0) is 10.8 Å². The van der Waals surface area contributed by atoms with Gasteiger partial charge < -0.3 is 9.47 Å². The summed E-state index contributed by atoms with van der Waals surface area (Å²) in [6.07, 6.45) is 0. The number of fused-ring (bicyclic) bond motifs is 18. The largest absolute Gasteiger partial charge is 0.457 e. The summed E-state index contributed by atoms with van der Waals surface area (Å²) in [5.74, 6) is 6.45. The first-order valence-electron chi connectivity index (χ1n) is 31.7. The SMILES string of the molecule is c1ccc(-c2ccc(-c3nc(-c4ccccc4)nc(-c4ccc5c(c4)Oc4cc(-c6ccc(-c7nc(-c8ccccc8)nc(-c8ccc9c(c8)Oc8ccccc8C98c9ccccc9-c9ccccc98)n7)cc6)ccc4C54c5ccccc5-c5ccccc54)n3)cc2)cc1. The monoisotopic (exact) mass is 1200 g/mol. The van der Waals surface area contributed by atoms with Crippen LogP contribution in [0.1, 0.15) is 44.5 Å². The Bertz CT molecular complexity index is 5470. The summed E-state index contributed by atoms with van der Waals surface area (Å²) in [5.41, 5.74) is 22.2. The molecule has 94 heavy (non-hydrogen) atoms. The zero-order valence-electron chi connectivity index (χ0n) is 50.5. The lowest BCUT2D eigenvalue weighted by Gasteiger charge is -2.39. The number of nitrogens with zero attached hydrogens (tertiary/aromatic N) is 6. The van der Waals surface area contributed by atoms with Crippen LogP contribution in [0.2, 0.25) is 0 Å². The van der Waals surface area contributed by atoms with Crippen LogP contribution in [0.5, 0.6) is 23.0 Å². The van der Waals surface area contributed by atoms with Gasteiger partial charge in [-0.15, -0.1) is 0 Å². The minimum absolute atomic E-state index is 0.542. The lowest BCUT2D eigenvalue weighted by atomic mass is 9.66. The number of ether oxygens (including phenoxy) is 2. The summed E-state index contributed by atoms with van der Waals surface area (Å²) in [5, 5.41) is 0. The van der Waals surface area contributed by atoms with E-state index in [1.54, 1.807) is 0 Å². The quantitative estimate of drug-likeness (QED) is 0.148. The van der Waals surface area contributed by atoms with Crippen LogP contribution < -0.4 is 9.47 Å². The van der Waals surface area contributed by atoms with Crippen molar-refractivity contribution in [3.8, 4) is 136 Å². The zero-order valence-corrected chi connectivity index (χ0v) is 50.5. The first kappa shape index (κ1) is 53.3. The summed E-state index contributed by atoms with van der Waals surface area (Å²) in [6.45, 7) is 0. The highest BCUT2D eigenvalue weighted by atomic mass is 16.5. The standard InChI is InChI=1S/C86H52N6O2/c1-4-20-53(21-5-1)54-36-40-58(41-37-54)81-87-79(56-22-6-2-7-23-56)90-84(91-81)62-46-49-74-78(52-62)94-76-50-60(44-47-72(76)86(74)69-32-16-12-28-65(69)66-29-13-17-33-70(66)86)55-38-42-59(43-39-55)82-88-80(57-24-8-3-9-25-57)89-83(92-82)61-45-48-73-77(51-61)93-75-35-19-18-34-71(75)85(73)67-30-14-10-26-63(67)64-27-11-15-31-68(64)85/h1-52H. The van der Waals surface area contributed by atoms with Gasteiger partial charge in [0.05, 0.1) is 10.8 Å². The average Bonchev–Trinajstić information content (AvgIpc) is 1.51. The van der Waals surface area contributed by atoms with E-state index in [1.807, 2.05) is 72.8 Å². The molecular formula is C86H52N6O2. The highest BCUT2D eigenvalue weighted by Gasteiger charge is 2.53. The van der Waals surface area contributed by atoms with Crippen molar-refractivity contribution < 1.29 is 9.47 Å². The second-order valence-corrected chi connectivity index (χ2v) is 24.4. The maximum absolute atomic E-state index is 7.31. The van der Waals surface area contributed by atoms with Gasteiger partial charge in [-0.25, -0.2) is 29.9 Å². The van der Waals surface area contributed by atoms with Gasteiger partial charge in [0.25, 0.3) is 0 Å². The normalized spacial score (nSPS) is 13.4. The van der Waals surface area contributed by atoms with Gasteiger partial charge in [0.2, 0.25) is 0 Å². The van der Waals surface area contributed by atoms with Crippen molar-refractivity contribution in [1.29, 1.82) is 0 Å². The molecule has 8 nitrogen and oxygen atoms in total. The van der Waals surface area contributed by atoms with Crippen LogP contribution in [0.25, 0.3) is 113 Å². The fourth-order valence-corrected chi connectivity index (χ4v) is 15.2. The Balaban J connectivity index is 0.710. The molecule has 0 fully saturated rings. The minimum atomic E-state index is -0.701. The Morgan fingerprint density at radius 1 is 0.170 bits per heavy atom. The molecule has 2 aliphatic heterocycles. The molecule has 2 aromatic heterocycles. The second kappa shape index (κ2) is 21.0. The van der Waals surface area contributed by atoms with Crippen molar-refractivity contribution in [3.63, 3.8) is 0 Å². The molecule has 15 aromatic rings. The molecule has 4 aliphatic rings. The third-order valence-electron chi connectivity index (χ3n) is 19.4. The molecule has 4 heterocycles. The van der Waals surface area contributed by atoms with Crippen molar-refractivity contribution >= 4 is 0 Å². The van der Waals surface area contributed by atoms with E-state index in [0.29, 0.717) is 34.9 Å². The van der Waals surface area contributed by atoms with E-state index < -0.39 is 10.8 Å². The smallest absolute Gasteiger partial charge is 0.164 e. The molecule has 19 rings (SSSR count). The molecule has 0 saturated carbocycles. The molecule has 0 N–H and O–H groups in total. The van der Waals surface area contributed by atoms with Crippen molar-refractivity contribution in [3.05, 3.63) is 360 Å². The summed E-state index contributed by atoms with van der Waals surface area (Å²) in [4.78, 5) is 31.2. The van der Waals surface area contributed by atoms with Gasteiger partial charge in [-0.2, -0.15) is 0 Å². The predicted molar refractivity (Wildman–Crippen MR) is 371 cm³/mol. The minimum Gasteiger partial charge on any atom is -0.457 e. The van der Waals surface area contributed by atoms with E-state index in [1.165, 1.54) is 44.5 Å². The van der Waals surface area contributed by atoms with E-state index in [9.17, 15) is 0 Å². The first-order valence-corrected chi connectivity index (χ1v) is 31.7. The van der Waals surface area contributed by atoms with Gasteiger partial charge in [-0.05, 0) is 91.0 Å². The van der Waals surface area contributed by atoms with Crippen LogP contribution in [-0.4, -0.2) is 29.9 Å². The number of para-hydroxylation sites is 1. The molecule has 2 aliphatic carbocycles. The summed E-state index contributed by atoms with van der Waals surface area (Å²) < 4.78 is 14.2. The molecule has 0 amide bonds. The molecule has 0 atom stereocenters. The van der Waals surface area contributed by atoms with E-state index >= 15 is 0 Å². The fourth-order valence-electron chi connectivity index (χ4n) is 15.2. The van der Waals surface area contributed by atoms with Gasteiger partial charge in [0.15, 0.2) is 34.9 Å². The predicted octanol–water partition coefficient (Wildman–Crippen LogP) is 20.3. The summed E-state index contributed by atoms with van der Waals surface area (Å²) in [6, 6.07) is 111. The van der Waals surface area contributed by atoms with E-state index in [0.717, 1.165) is 101 Å². The van der Waals surface area contributed by atoms with Crippen LogP contribution in [0.3, 0.4) is 0 Å². The number of benzene rings is 13. The highest BCUT2D eigenvalue weighted by molar-refractivity contribution is 5.91. The molecule has 438 valence electrons. The molecule has 8 heteroatoms. The van der Waals surface area contributed by atoms with Gasteiger partial charge >= 0.3 is 0 Å². The summed E-state index contributed by atoms with van der Waals surface area (Å²) >= 11 is 0. The van der Waals surface area contributed by atoms with Crippen LogP contribution in [0.4, 0.5) is 0 Å². The van der Waals surface area contributed by atoms with Crippen molar-refractivity contribution in [2.75, 3.05) is 0 Å². The van der Waals surface area contributed by atoms with Gasteiger partial charge in [0.1, 0.15) is 23.0 Å². The number of hydrogen-bond donors (Lipinski definition) is 0. The maximum Gasteiger partial charge on any atom is 0.164 e. The Labute approximate surface area is 542 Å². The molecule has 0 bridgehead atoms. The van der Waals surface area contributed by atoms with Crippen LogP contribution in [0.15, 0.2) is 315 Å². The van der Waals surface area contributed by atoms with Crippen molar-refractivity contribution in [2.45, 2.75) is 10.8 Å². The van der Waals surface area contributed by atoms with E-state index in [-0.39, 0.29) is 0 Å². The Hall–Kier alpha value is -12.5. The molecule has 13 aromatic carbocycles. The van der Waals surface area contributed by atoms with Gasteiger partial charge in [-0.1, -0.05) is 291 Å². The van der Waals surface area contributed by atoms with Crippen LogP contribution in [0, 0.1) is 0 Å². The number of hydrogen-bond acceptors (Lipinski definition) is 8. The van der Waals surface area contributed by atoms with Crippen LogP contribution >= 0.6 is 0 Å². The lowest BCUT2D eigenvalue weighted by molar-refractivity contribution is 0.436. The van der Waals surface area contributed by atoms with Crippen molar-refractivity contribution in [2.24, 2.45) is 0 Å². The molecule has 0 saturated heterocycles. The zero-order chi connectivity index (χ0) is 61.9. The first-order chi connectivity index (χ1) is 46.5. The Kier molecular flexibility index (Phi) is 11.9. The Morgan fingerprint density at radius 3 is 0.798 bits per heavy atom. The van der Waals surface area contributed by atoms with Gasteiger partial charge in [-0.3, -0.25) is 0 Å². The fraction of sp³-hybridized carbons (Fsp3) is 0.0233. The highest BCUT2D eigenvalue weighted by Crippen LogP contribution is 2.64. The van der Waals surface area contributed by atoms with Crippen molar-refractivity contribution in [1.82, 2.24) is 29.9 Å². The topological polar surface area (TPSA) is 95.8 Å². The third-order valence-corrected chi connectivity index (χ3v) is 19.4. The average molecular weight is 1200 g/mol. The molecule has 2 spiro atoms. The number of rotatable bonds is 8. The third kappa shape index (κ3) is 8.12. The Morgan fingerprint density at radius 2 is 0.404 bits per heavy atom. The van der Waals surface area contributed by atoms with E-state index in [4.69, 9.17) is 39.4 Å². The van der Waals surface area contributed by atoms with Gasteiger partial charge in [0, 0.05) is 55.6 Å². The van der Waals surface area contributed by atoms with E-state index in [2.05, 4.69) is 243 Å². The molecule has 0 radical (unpaired) electrons. The molecule has 0 unspecified atom stereocenters. The number of aromatic nitrogens is 6.